The highest BCUT2D eigenvalue weighted by Gasteiger charge is 2.54. The standard InChI is InChI=1S/C15H28N2O3S/c1-21(18,19)14-7-4-8-15(14,11-16)17-9-10-20-13-6-3-2-5-12(13)17/h12-14H,2-11,16H2,1H3. The smallest absolute Gasteiger partial charge is 0.152 e. The quantitative estimate of drug-likeness (QED) is 0.838. The first-order valence-electron chi connectivity index (χ1n) is 8.26. The van der Waals surface area contributed by atoms with Crippen LogP contribution in [-0.4, -0.2) is 62.2 Å². The number of fused-ring (bicyclic) bond motifs is 1. The van der Waals surface area contributed by atoms with Crippen molar-refractivity contribution in [2.24, 2.45) is 5.73 Å². The van der Waals surface area contributed by atoms with Crippen molar-refractivity contribution < 1.29 is 13.2 Å². The second-order valence-electron chi connectivity index (χ2n) is 6.97. The minimum Gasteiger partial charge on any atom is -0.375 e. The molecule has 1 heterocycles. The maximum Gasteiger partial charge on any atom is 0.152 e. The Labute approximate surface area is 128 Å². The molecule has 0 aromatic heterocycles. The number of hydrogen-bond donors (Lipinski definition) is 1. The molecule has 5 nitrogen and oxygen atoms in total. The number of sulfone groups is 1. The van der Waals surface area contributed by atoms with Gasteiger partial charge in [-0.2, -0.15) is 0 Å². The fourth-order valence-electron chi connectivity index (χ4n) is 4.96. The maximum atomic E-state index is 12.3. The third kappa shape index (κ3) is 2.64. The zero-order chi connectivity index (χ0) is 15.1. The molecular weight excluding hydrogens is 288 g/mol. The molecule has 0 bridgehead atoms. The zero-order valence-electron chi connectivity index (χ0n) is 13.0. The third-order valence-electron chi connectivity index (χ3n) is 5.85. The summed E-state index contributed by atoms with van der Waals surface area (Å²) in [4.78, 5) is 2.44. The Hall–Kier alpha value is -0.170. The van der Waals surface area contributed by atoms with E-state index in [9.17, 15) is 8.42 Å². The normalized spacial score (nSPS) is 41.9. The van der Waals surface area contributed by atoms with Gasteiger partial charge in [0.15, 0.2) is 9.84 Å². The minimum atomic E-state index is -3.07. The number of nitrogens with two attached hydrogens (primary N) is 1. The van der Waals surface area contributed by atoms with Crippen molar-refractivity contribution in [2.75, 3.05) is 26.0 Å². The Balaban J connectivity index is 1.94. The highest BCUT2D eigenvalue weighted by Crippen LogP contribution is 2.43. The van der Waals surface area contributed by atoms with E-state index < -0.39 is 9.84 Å². The molecule has 122 valence electrons. The molecule has 2 saturated carbocycles. The lowest BCUT2D eigenvalue weighted by Gasteiger charge is -2.53. The number of rotatable bonds is 3. The summed E-state index contributed by atoms with van der Waals surface area (Å²) < 4.78 is 30.5. The van der Waals surface area contributed by atoms with Crippen LogP contribution in [0.15, 0.2) is 0 Å². The number of nitrogens with zero attached hydrogens (tertiary/aromatic N) is 1. The predicted molar refractivity (Wildman–Crippen MR) is 83.0 cm³/mol. The summed E-state index contributed by atoms with van der Waals surface area (Å²) in [5.74, 6) is 0. The van der Waals surface area contributed by atoms with Crippen molar-refractivity contribution in [1.29, 1.82) is 0 Å². The molecule has 2 N–H and O–H groups in total. The van der Waals surface area contributed by atoms with Crippen LogP contribution in [0.2, 0.25) is 0 Å². The van der Waals surface area contributed by atoms with Gasteiger partial charge in [-0.1, -0.05) is 19.3 Å². The summed E-state index contributed by atoms with van der Waals surface area (Å²) in [6.07, 6.45) is 8.93. The second kappa shape index (κ2) is 5.80. The van der Waals surface area contributed by atoms with Crippen LogP contribution in [0, 0.1) is 0 Å². The van der Waals surface area contributed by atoms with Gasteiger partial charge in [0, 0.05) is 25.4 Å². The average Bonchev–Trinajstić information content (AvgIpc) is 2.92. The Bertz CT molecular complexity index is 479. The first-order chi connectivity index (χ1) is 9.99. The zero-order valence-corrected chi connectivity index (χ0v) is 13.8. The van der Waals surface area contributed by atoms with Crippen LogP contribution < -0.4 is 5.73 Å². The molecule has 1 saturated heterocycles. The van der Waals surface area contributed by atoms with E-state index in [0.717, 1.165) is 38.6 Å². The van der Waals surface area contributed by atoms with Gasteiger partial charge in [-0.3, -0.25) is 4.90 Å². The van der Waals surface area contributed by atoms with Gasteiger partial charge in [0.25, 0.3) is 0 Å². The largest absolute Gasteiger partial charge is 0.375 e. The predicted octanol–water partition coefficient (Wildman–Crippen LogP) is 0.924. The Morgan fingerprint density at radius 2 is 2.00 bits per heavy atom. The van der Waals surface area contributed by atoms with E-state index in [-0.39, 0.29) is 16.9 Å². The topological polar surface area (TPSA) is 72.6 Å². The van der Waals surface area contributed by atoms with Gasteiger partial charge in [0.1, 0.15) is 0 Å². The lowest BCUT2D eigenvalue weighted by Crippen LogP contribution is -2.68. The van der Waals surface area contributed by atoms with E-state index in [1.807, 2.05) is 0 Å². The van der Waals surface area contributed by atoms with E-state index in [4.69, 9.17) is 10.5 Å². The Morgan fingerprint density at radius 1 is 1.24 bits per heavy atom. The van der Waals surface area contributed by atoms with Crippen LogP contribution in [0.1, 0.15) is 44.9 Å². The van der Waals surface area contributed by atoms with Crippen molar-refractivity contribution in [2.45, 2.75) is 67.9 Å². The van der Waals surface area contributed by atoms with Crippen molar-refractivity contribution in [1.82, 2.24) is 4.90 Å². The van der Waals surface area contributed by atoms with Gasteiger partial charge < -0.3 is 10.5 Å². The summed E-state index contributed by atoms with van der Waals surface area (Å²) in [6, 6.07) is 0.360. The summed E-state index contributed by atoms with van der Waals surface area (Å²) in [7, 11) is -3.07. The fraction of sp³-hybridized carbons (Fsp3) is 1.00. The lowest BCUT2D eigenvalue weighted by atomic mass is 9.84. The number of hydrogen-bond acceptors (Lipinski definition) is 5. The van der Waals surface area contributed by atoms with Crippen molar-refractivity contribution in [3.63, 3.8) is 0 Å². The van der Waals surface area contributed by atoms with Gasteiger partial charge in [0.2, 0.25) is 0 Å². The molecule has 0 aromatic rings. The van der Waals surface area contributed by atoms with Crippen molar-refractivity contribution >= 4 is 9.84 Å². The van der Waals surface area contributed by atoms with Gasteiger partial charge in [-0.25, -0.2) is 8.42 Å². The fourth-order valence-corrected chi connectivity index (χ4v) is 6.71. The van der Waals surface area contributed by atoms with Crippen LogP contribution in [0.4, 0.5) is 0 Å². The summed E-state index contributed by atoms with van der Waals surface area (Å²) in [5.41, 5.74) is 5.80. The molecule has 6 heteroatoms. The first-order valence-corrected chi connectivity index (χ1v) is 10.2. The van der Waals surface area contributed by atoms with E-state index >= 15 is 0 Å². The van der Waals surface area contributed by atoms with Crippen molar-refractivity contribution in [3.05, 3.63) is 0 Å². The maximum absolute atomic E-state index is 12.3. The average molecular weight is 316 g/mol. The van der Waals surface area contributed by atoms with Crippen molar-refractivity contribution in [3.8, 4) is 0 Å². The van der Waals surface area contributed by atoms with E-state index in [2.05, 4.69) is 4.90 Å². The second-order valence-corrected chi connectivity index (χ2v) is 9.20. The van der Waals surface area contributed by atoms with Gasteiger partial charge in [-0.05, 0) is 25.7 Å². The van der Waals surface area contributed by atoms with Gasteiger partial charge in [0.05, 0.1) is 23.5 Å². The molecule has 0 radical (unpaired) electrons. The van der Waals surface area contributed by atoms with Crippen LogP contribution in [-0.2, 0) is 14.6 Å². The number of morpholine rings is 1. The first kappa shape index (κ1) is 15.7. The van der Waals surface area contributed by atoms with E-state index in [1.165, 1.54) is 19.1 Å². The molecule has 3 rings (SSSR count). The molecular formula is C15H28N2O3S. The SMILES string of the molecule is CS(=O)(=O)C1CCCC1(CN)N1CCOC2CCCCC21. The van der Waals surface area contributed by atoms with Crippen LogP contribution in [0.25, 0.3) is 0 Å². The lowest BCUT2D eigenvalue weighted by molar-refractivity contribution is -0.123. The molecule has 4 unspecified atom stereocenters. The third-order valence-corrected chi connectivity index (χ3v) is 7.56. The Morgan fingerprint density at radius 3 is 2.71 bits per heavy atom. The highest BCUT2D eigenvalue weighted by molar-refractivity contribution is 7.91. The summed E-state index contributed by atoms with van der Waals surface area (Å²) in [5, 5.41) is -0.310. The summed E-state index contributed by atoms with van der Waals surface area (Å²) in [6.45, 7) is 1.97. The van der Waals surface area contributed by atoms with E-state index in [0.29, 0.717) is 19.2 Å². The molecule has 2 aliphatic carbocycles. The minimum absolute atomic E-state index is 0.275. The molecule has 3 fully saturated rings. The van der Waals surface area contributed by atoms with Crippen LogP contribution in [0.5, 0.6) is 0 Å². The van der Waals surface area contributed by atoms with E-state index in [1.54, 1.807) is 0 Å². The molecule has 0 amide bonds. The molecule has 0 spiro atoms. The molecule has 1 aliphatic heterocycles. The van der Waals surface area contributed by atoms with Gasteiger partial charge in [-0.15, -0.1) is 0 Å². The number of ether oxygens (including phenoxy) is 1. The highest BCUT2D eigenvalue weighted by atomic mass is 32.2. The van der Waals surface area contributed by atoms with Gasteiger partial charge >= 0.3 is 0 Å². The van der Waals surface area contributed by atoms with Crippen LogP contribution >= 0.6 is 0 Å². The summed E-state index contributed by atoms with van der Waals surface area (Å²) >= 11 is 0. The Kier molecular flexibility index (Phi) is 4.34. The monoisotopic (exact) mass is 316 g/mol. The molecule has 21 heavy (non-hydrogen) atoms. The van der Waals surface area contributed by atoms with Crippen LogP contribution in [0.3, 0.4) is 0 Å². The molecule has 0 aromatic carbocycles. The molecule has 4 atom stereocenters. The molecule has 3 aliphatic rings.